The molecule has 1 aromatic carbocycles. The Morgan fingerprint density at radius 3 is 2.77 bits per heavy atom. The highest BCUT2D eigenvalue weighted by molar-refractivity contribution is 6.01. The van der Waals surface area contributed by atoms with Crippen molar-refractivity contribution in [2.24, 2.45) is 4.99 Å². The normalized spacial score (nSPS) is 14.6. The van der Waals surface area contributed by atoms with Crippen LogP contribution in [0.25, 0.3) is 0 Å². The van der Waals surface area contributed by atoms with Gasteiger partial charge in [0.2, 0.25) is 0 Å². The molecule has 0 N–H and O–H groups in total. The molecule has 1 heterocycles. The van der Waals surface area contributed by atoms with Gasteiger partial charge in [-0.1, -0.05) is 32.0 Å². The second kappa shape index (κ2) is 2.99. The first-order valence-corrected chi connectivity index (χ1v) is 4.82. The third kappa shape index (κ3) is 1.39. The van der Waals surface area contributed by atoms with Gasteiger partial charge in [-0.3, -0.25) is 4.99 Å². The molecule has 1 nitrogen and oxygen atoms in total. The number of rotatable bonds is 1. The van der Waals surface area contributed by atoms with E-state index in [1.165, 1.54) is 22.4 Å². The largest absolute Gasteiger partial charge is 0.285 e. The topological polar surface area (TPSA) is 12.4 Å². The molecule has 1 aliphatic heterocycles. The van der Waals surface area contributed by atoms with Crippen molar-refractivity contribution in [2.75, 3.05) is 0 Å². The van der Waals surface area contributed by atoms with Gasteiger partial charge in [-0.2, -0.15) is 0 Å². The zero-order valence-electron chi connectivity index (χ0n) is 8.46. The van der Waals surface area contributed by atoms with Crippen LogP contribution in [-0.2, 0) is 6.54 Å². The third-order valence-corrected chi connectivity index (χ3v) is 2.67. The van der Waals surface area contributed by atoms with Gasteiger partial charge in [0, 0.05) is 11.3 Å². The van der Waals surface area contributed by atoms with Gasteiger partial charge in [-0.15, -0.1) is 0 Å². The van der Waals surface area contributed by atoms with Crippen molar-refractivity contribution in [3.05, 3.63) is 34.9 Å². The summed E-state index contributed by atoms with van der Waals surface area (Å²) in [5, 5.41) is 0. The number of nitrogens with zero attached hydrogens (tertiary/aromatic N) is 1. The van der Waals surface area contributed by atoms with E-state index in [1.807, 2.05) is 0 Å². The Labute approximate surface area is 79.5 Å². The minimum atomic E-state index is 0.617. The summed E-state index contributed by atoms with van der Waals surface area (Å²) >= 11 is 0. The predicted molar refractivity (Wildman–Crippen MR) is 56.4 cm³/mol. The van der Waals surface area contributed by atoms with Gasteiger partial charge in [0.05, 0.1) is 6.54 Å². The first-order chi connectivity index (χ1) is 6.18. The molecule has 0 radical (unpaired) electrons. The summed E-state index contributed by atoms with van der Waals surface area (Å²) in [7, 11) is 0. The number of aliphatic imine (C=N–C) groups is 1. The lowest BCUT2D eigenvalue weighted by molar-refractivity contribution is 0.862. The average molecular weight is 173 g/mol. The molecular formula is C12H15N. The Bertz CT molecular complexity index is 361. The van der Waals surface area contributed by atoms with Crippen molar-refractivity contribution in [3.8, 4) is 0 Å². The molecule has 0 atom stereocenters. The summed E-state index contributed by atoms with van der Waals surface area (Å²) in [5.41, 5.74) is 5.34. The number of hydrogen-bond acceptors (Lipinski definition) is 1. The quantitative estimate of drug-likeness (QED) is 0.618. The van der Waals surface area contributed by atoms with Gasteiger partial charge in [0.15, 0.2) is 0 Å². The van der Waals surface area contributed by atoms with Crippen LogP contribution in [0.2, 0.25) is 0 Å². The Balaban J connectivity index is 2.44. The fourth-order valence-electron chi connectivity index (χ4n) is 1.75. The molecule has 0 aromatic heterocycles. The molecule has 1 aromatic rings. The van der Waals surface area contributed by atoms with Crippen molar-refractivity contribution < 1.29 is 0 Å². The minimum Gasteiger partial charge on any atom is -0.285 e. The molecule has 0 spiro atoms. The van der Waals surface area contributed by atoms with E-state index in [0.717, 1.165) is 6.54 Å². The lowest BCUT2D eigenvalue weighted by Crippen LogP contribution is -1.94. The molecule has 0 unspecified atom stereocenters. The van der Waals surface area contributed by atoms with Crippen molar-refractivity contribution in [1.29, 1.82) is 0 Å². The van der Waals surface area contributed by atoms with Gasteiger partial charge in [-0.05, 0) is 24.0 Å². The molecule has 68 valence electrons. The van der Waals surface area contributed by atoms with Gasteiger partial charge in [0.1, 0.15) is 0 Å². The Kier molecular flexibility index (Phi) is 1.95. The molecule has 0 saturated carbocycles. The van der Waals surface area contributed by atoms with Gasteiger partial charge >= 0.3 is 0 Å². The third-order valence-electron chi connectivity index (χ3n) is 2.67. The van der Waals surface area contributed by atoms with Crippen LogP contribution in [0.1, 0.15) is 43.4 Å². The molecule has 2 rings (SSSR count). The predicted octanol–water partition coefficient (Wildman–Crippen LogP) is 3.13. The fourth-order valence-corrected chi connectivity index (χ4v) is 1.75. The Hall–Kier alpha value is -1.11. The molecule has 0 saturated heterocycles. The van der Waals surface area contributed by atoms with Crippen LogP contribution < -0.4 is 0 Å². The van der Waals surface area contributed by atoms with Crippen molar-refractivity contribution >= 4 is 5.71 Å². The maximum Gasteiger partial charge on any atom is 0.0649 e. The molecule has 0 fully saturated rings. The van der Waals surface area contributed by atoms with Crippen LogP contribution in [0.15, 0.2) is 23.2 Å². The smallest absolute Gasteiger partial charge is 0.0649 e. The first-order valence-electron chi connectivity index (χ1n) is 4.82. The lowest BCUT2D eigenvalue weighted by atomic mass is 9.97. The van der Waals surface area contributed by atoms with Crippen molar-refractivity contribution in [1.82, 2.24) is 0 Å². The van der Waals surface area contributed by atoms with Gasteiger partial charge in [0.25, 0.3) is 0 Å². The SMILES string of the molecule is CC1=NCc2cc(C(C)C)ccc21. The van der Waals surface area contributed by atoms with E-state index in [-0.39, 0.29) is 0 Å². The molecule has 0 amide bonds. The standard InChI is InChI=1S/C12H15N/c1-8(2)10-4-5-12-9(3)13-7-11(12)6-10/h4-6,8H,7H2,1-3H3. The second-order valence-corrected chi connectivity index (χ2v) is 3.97. The summed E-state index contributed by atoms with van der Waals surface area (Å²) in [5.74, 6) is 0.617. The van der Waals surface area contributed by atoms with Crippen LogP contribution in [-0.4, -0.2) is 5.71 Å². The van der Waals surface area contributed by atoms with Crippen LogP contribution >= 0.6 is 0 Å². The highest BCUT2D eigenvalue weighted by Gasteiger charge is 2.12. The van der Waals surface area contributed by atoms with Gasteiger partial charge in [-0.25, -0.2) is 0 Å². The molecule has 1 aliphatic rings. The fraction of sp³-hybridized carbons (Fsp3) is 0.417. The van der Waals surface area contributed by atoms with E-state index in [0.29, 0.717) is 5.92 Å². The monoisotopic (exact) mass is 173 g/mol. The van der Waals surface area contributed by atoms with E-state index in [2.05, 4.69) is 44.0 Å². The van der Waals surface area contributed by atoms with Gasteiger partial charge < -0.3 is 0 Å². The van der Waals surface area contributed by atoms with Crippen LogP contribution in [0.5, 0.6) is 0 Å². The Morgan fingerprint density at radius 1 is 1.31 bits per heavy atom. The molecular weight excluding hydrogens is 158 g/mol. The van der Waals surface area contributed by atoms with E-state index in [9.17, 15) is 0 Å². The number of hydrogen-bond donors (Lipinski definition) is 0. The first kappa shape index (κ1) is 8.49. The zero-order valence-corrected chi connectivity index (χ0v) is 8.46. The van der Waals surface area contributed by atoms with E-state index >= 15 is 0 Å². The minimum absolute atomic E-state index is 0.617. The summed E-state index contributed by atoms with van der Waals surface area (Å²) in [6.45, 7) is 7.41. The van der Waals surface area contributed by atoms with Crippen molar-refractivity contribution in [2.45, 2.75) is 33.2 Å². The average Bonchev–Trinajstić information content (AvgIpc) is 2.47. The summed E-state index contributed by atoms with van der Waals surface area (Å²) in [6, 6.07) is 6.71. The lowest BCUT2D eigenvalue weighted by Gasteiger charge is -2.07. The molecule has 0 aliphatic carbocycles. The highest BCUT2D eigenvalue weighted by atomic mass is 14.8. The number of fused-ring (bicyclic) bond motifs is 1. The second-order valence-electron chi connectivity index (χ2n) is 3.97. The summed E-state index contributed by atoms with van der Waals surface area (Å²) in [6.07, 6.45) is 0. The highest BCUT2D eigenvalue weighted by Crippen LogP contribution is 2.23. The molecule has 0 bridgehead atoms. The molecule has 13 heavy (non-hydrogen) atoms. The van der Waals surface area contributed by atoms with Crippen LogP contribution in [0.4, 0.5) is 0 Å². The Morgan fingerprint density at radius 2 is 2.08 bits per heavy atom. The van der Waals surface area contributed by atoms with E-state index in [1.54, 1.807) is 0 Å². The van der Waals surface area contributed by atoms with Crippen molar-refractivity contribution in [3.63, 3.8) is 0 Å². The summed E-state index contributed by atoms with van der Waals surface area (Å²) < 4.78 is 0. The van der Waals surface area contributed by atoms with E-state index < -0.39 is 0 Å². The van der Waals surface area contributed by atoms with E-state index in [4.69, 9.17) is 0 Å². The maximum atomic E-state index is 4.42. The summed E-state index contributed by atoms with van der Waals surface area (Å²) in [4.78, 5) is 4.42. The number of benzene rings is 1. The maximum absolute atomic E-state index is 4.42. The zero-order chi connectivity index (χ0) is 9.42. The molecule has 1 heteroatoms. The van der Waals surface area contributed by atoms with Crippen LogP contribution in [0.3, 0.4) is 0 Å². The van der Waals surface area contributed by atoms with Crippen LogP contribution in [0, 0.1) is 0 Å².